The first-order valence-corrected chi connectivity index (χ1v) is 10.0. The highest BCUT2D eigenvalue weighted by Gasteiger charge is 2.18. The number of aliphatic imine (C=N–C) groups is 1. The van der Waals surface area contributed by atoms with Gasteiger partial charge in [-0.25, -0.2) is 0 Å². The van der Waals surface area contributed by atoms with Crippen LogP contribution in [0.1, 0.15) is 22.3 Å². The third-order valence-electron chi connectivity index (χ3n) is 4.78. The van der Waals surface area contributed by atoms with Crippen LogP contribution in [0, 0.1) is 18.3 Å². The van der Waals surface area contributed by atoms with Gasteiger partial charge < -0.3 is 9.84 Å². The molecule has 3 aromatic rings. The molecule has 0 unspecified atom stereocenters. The van der Waals surface area contributed by atoms with Crippen molar-refractivity contribution >= 4 is 27.8 Å². The standard InChI is InChI=1S/C23H20BrN3O3/c1-15-20(13-25)22(28)27(11-10-16-6-8-19(30-2)9-7-16)23(29)21(15)14-26-18-5-3-4-17(24)12-18/h3-9,12,14,29H,10-11H2,1-2H3. The second kappa shape index (κ2) is 9.42. The molecule has 30 heavy (non-hydrogen) atoms. The van der Waals surface area contributed by atoms with Gasteiger partial charge in [0.05, 0.1) is 18.4 Å². The van der Waals surface area contributed by atoms with Crippen molar-refractivity contribution in [2.45, 2.75) is 19.9 Å². The van der Waals surface area contributed by atoms with Crippen LogP contribution >= 0.6 is 15.9 Å². The molecule has 0 aliphatic carbocycles. The molecule has 0 amide bonds. The molecule has 3 rings (SSSR count). The van der Waals surface area contributed by atoms with Gasteiger partial charge in [0.2, 0.25) is 5.88 Å². The molecule has 0 aliphatic heterocycles. The highest BCUT2D eigenvalue weighted by atomic mass is 79.9. The zero-order valence-corrected chi connectivity index (χ0v) is 18.2. The minimum absolute atomic E-state index is 0.00165. The first-order chi connectivity index (χ1) is 14.4. The number of rotatable bonds is 6. The van der Waals surface area contributed by atoms with E-state index in [-0.39, 0.29) is 18.0 Å². The molecule has 2 aromatic carbocycles. The van der Waals surface area contributed by atoms with Crippen molar-refractivity contribution in [3.63, 3.8) is 0 Å². The van der Waals surface area contributed by atoms with Gasteiger partial charge >= 0.3 is 0 Å². The lowest BCUT2D eigenvalue weighted by Crippen LogP contribution is -2.26. The SMILES string of the molecule is COc1ccc(CCn2c(O)c(C=Nc3cccc(Br)c3)c(C)c(C#N)c2=O)cc1. The predicted molar refractivity (Wildman–Crippen MR) is 120 cm³/mol. The Balaban J connectivity index is 1.97. The fourth-order valence-corrected chi connectivity index (χ4v) is 3.45. The molecule has 1 heterocycles. The zero-order chi connectivity index (χ0) is 21.7. The molecule has 0 saturated carbocycles. The fraction of sp³-hybridized carbons (Fsp3) is 0.174. The van der Waals surface area contributed by atoms with Gasteiger partial charge in [-0.2, -0.15) is 5.26 Å². The lowest BCUT2D eigenvalue weighted by Gasteiger charge is -2.14. The third-order valence-corrected chi connectivity index (χ3v) is 5.27. The van der Waals surface area contributed by atoms with E-state index in [0.717, 1.165) is 15.8 Å². The van der Waals surface area contributed by atoms with Gasteiger partial charge in [0, 0.05) is 17.2 Å². The highest BCUT2D eigenvalue weighted by Crippen LogP contribution is 2.23. The third kappa shape index (κ3) is 4.61. The van der Waals surface area contributed by atoms with Gasteiger partial charge in [0.1, 0.15) is 17.4 Å². The lowest BCUT2D eigenvalue weighted by molar-refractivity contribution is 0.404. The normalized spacial score (nSPS) is 10.9. The second-order valence-electron chi connectivity index (χ2n) is 6.64. The number of hydrogen-bond acceptors (Lipinski definition) is 5. The average Bonchev–Trinajstić information content (AvgIpc) is 2.74. The van der Waals surface area contributed by atoms with E-state index in [1.807, 2.05) is 54.6 Å². The van der Waals surface area contributed by atoms with Crippen LogP contribution in [0.4, 0.5) is 5.69 Å². The van der Waals surface area contributed by atoms with E-state index in [1.54, 1.807) is 14.0 Å². The minimum Gasteiger partial charge on any atom is -0.497 e. The van der Waals surface area contributed by atoms with Crippen molar-refractivity contribution in [1.82, 2.24) is 4.57 Å². The number of hydrogen-bond donors (Lipinski definition) is 1. The number of nitriles is 1. The number of methoxy groups -OCH3 is 1. The molecular formula is C23H20BrN3O3. The molecule has 0 saturated heterocycles. The van der Waals surface area contributed by atoms with Gasteiger partial charge in [0.25, 0.3) is 5.56 Å². The molecule has 0 fully saturated rings. The Kier molecular flexibility index (Phi) is 6.70. The Bertz CT molecular complexity index is 1190. The molecule has 152 valence electrons. The second-order valence-corrected chi connectivity index (χ2v) is 7.56. The average molecular weight is 466 g/mol. The molecule has 0 radical (unpaired) electrons. The summed E-state index contributed by atoms with van der Waals surface area (Å²) < 4.78 is 7.25. The van der Waals surface area contributed by atoms with Crippen molar-refractivity contribution in [3.8, 4) is 17.7 Å². The summed E-state index contributed by atoms with van der Waals surface area (Å²) in [5.41, 5.74) is 1.89. The summed E-state index contributed by atoms with van der Waals surface area (Å²) in [5, 5.41) is 20.3. The molecule has 0 aliphatic rings. The highest BCUT2D eigenvalue weighted by molar-refractivity contribution is 9.10. The van der Waals surface area contributed by atoms with Crippen molar-refractivity contribution < 1.29 is 9.84 Å². The molecule has 7 heteroatoms. The Labute approximate surface area is 182 Å². The van der Waals surface area contributed by atoms with Gasteiger partial charge in [-0.15, -0.1) is 0 Å². The van der Waals surface area contributed by atoms with E-state index in [0.29, 0.717) is 23.2 Å². The smallest absolute Gasteiger partial charge is 0.271 e. The maximum absolute atomic E-state index is 12.7. The minimum atomic E-state index is -0.513. The largest absolute Gasteiger partial charge is 0.497 e. The number of benzene rings is 2. The summed E-state index contributed by atoms with van der Waals surface area (Å²) in [6, 6.07) is 16.8. The summed E-state index contributed by atoms with van der Waals surface area (Å²) in [5.74, 6) is 0.538. The van der Waals surface area contributed by atoms with Crippen molar-refractivity contribution in [1.29, 1.82) is 5.26 Å². The first kappa shape index (κ1) is 21.3. The Morgan fingerprint density at radius 2 is 2.00 bits per heavy atom. The summed E-state index contributed by atoms with van der Waals surface area (Å²) in [6.45, 7) is 1.86. The summed E-state index contributed by atoms with van der Waals surface area (Å²) >= 11 is 3.39. The number of pyridine rings is 1. The van der Waals surface area contributed by atoms with E-state index >= 15 is 0 Å². The van der Waals surface area contributed by atoms with Crippen molar-refractivity contribution in [3.05, 3.63) is 85.6 Å². The zero-order valence-electron chi connectivity index (χ0n) is 16.6. The molecule has 1 N–H and O–H groups in total. The van der Waals surface area contributed by atoms with E-state index < -0.39 is 5.56 Å². The molecule has 6 nitrogen and oxygen atoms in total. The quantitative estimate of drug-likeness (QED) is 0.542. The first-order valence-electron chi connectivity index (χ1n) is 9.23. The fourth-order valence-electron chi connectivity index (χ4n) is 3.06. The van der Waals surface area contributed by atoms with E-state index in [2.05, 4.69) is 20.9 Å². The van der Waals surface area contributed by atoms with E-state index in [4.69, 9.17) is 4.74 Å². The lowest BCUT2D eigenvalue weighted by atomic mass is 10.1. The van der Waals surface area contributed by atoms with E-state index in [9.17, 15) is 15.2 Å². The summed E-state index contributed by atoms with van der Waals surface area (Å²) in [6.07, 6.45) is 1.99. The van der Waals surface area contributed by atoms with E-state index in [1.165, 1.54) is 10.8 Å². The van der Waals surface area contributed by atoms with Gasteiger partial charge in [-0.1, -0.05) is 34.1 Å². The molecule has 1 aromatic heterocycles. The van der Waals surface area contributed by atoms with Crippen LogP contribution < -0.4 is 10.3 Å². The molecule has 0 atom stereocenters. The summed E-state index contributed by atoms with van der Waals surface area (Å²) in [7, 11) is 1.60. The van der Waals surface area contributed by atoms with Crippen LogP contribution in [0.25, 0.3) is 0 Å². The van der Waals surface area contributed by atoms with Gasteiger partial charge in [0.15, 0.2) is 0 Å². The number of aromatic nitrogens is 1. The maximum atomic E-state index is 12.7. The number of nitrogens with zero attached hydrogens (tertiary/aromatic N) is 3. The predicted octanol–water partition coefficient (Wildman–Crippen LogP) is 4.50. The topological polar surface area (TPSA) is 87.6 Å². The monoisotopic (exact) mass is 465 g/mol. The number of aromatic hydroxyl groups is 1. The maximum Gasteiger partial charge on any atom is 0.271 e. The van der Waals surface area contributed by atoms with Crippen LogP contribution in [0.3, 0.4) is 0 Å². The molecule has 0 spiro atoms. The van der Waals surface area contributed by atoms with Gasteiger partial charge in [-0.05, 0) is 54.8 Å². The molecular weight excluding hydrogens is 446 g/mol. The van der Waals surface area contributed by atoms with Crippen molar-refractivity contribution in [2.24, 2.45) is 4.99 Å². The van der Waals surface area contributed by atoms with Crippen LogP contribution in [-0.2, 0) is 13.0 Å². The number of aryl methyl sites for hydroxylation is 1. The van der Waals surface area contributed by atoms with Crippen LogP contribution in [-0.4, -0.2) is 23.0 Å². The van der Waals surface area contributed by atoms with Crippen LogP contribution in [0.15, 0.2) is 62.8 Å². The summed E-state index contributed by atoms with van der Waals surface area (Å²) in [4.78, 5) is 17.1. The molecule has 0 bridgehead atoms. The van der Waals surface area contributed by atoms with Crippen LogP contribution in [0.2, 0.25) is 0 Å². The Morgan fingerprint density at radius 3 is 2.63 bits per heavy atom. The Hall–Kier alpha value is -3.37. The number of halogens is 1. The Morgan fingerprint density at radius 1 is 1.27 bits per heavy atom. The van der Waals surface area contributed by atoms with Gasteiger partial charge in [-0.3, -0.25) is 14.4 Å². The number of ether oxygens (including phenoxy) is 1. The van der Waals surface area contributed by atoms with Crippen LogP contribution in [0.5, 0.6) is 11.6 Å². The van der Waals surface area contributed by atoms with Crippen molar-refractivity contribution in [2.75, 3.05) is 7.11 Å².